The Morgan fingerprint density at radius 3 is 2.84 bits per heavy atom. The zero-order valence-corrected chi connectivity index (χ0v) is 13.5. The quantitative estimate of drug-likeness (QED) is 0.404. The Labute approximate surface area is 144 Å². The highest BCUT2D eigenvalue weighted by atomic mass is 16.4. The molecule has 7 heteroatoms. The van der Waals surface area contributed by atoms with Crippen LogP contribution in [-0.4, -0.2) is 21.3 Å². The van der Waals surface area contributed by atoms with Crippen molar-refractivity contribution in [3.05, 3.63) is 66.0 Å². The zero-order valence-electron chi connectivity index (χ0n) is 13.5. The molecule has 0 bridgehead atoms. The monoisotopic (exact) mass is 337 g/mol. The Morgan fingerprint density at radius 2 is 2.04 bits per heavy atom. The number of carboxylic acids is 1. The number of hydrogen-bond acceptors (Lipinski definition) is 5. The summed E-state index contributed by atoms with van der Waals surface area (Å²) < 4.78 is 0. The molecule has 3 rings (SSSR count). The van der Waals surface area contributed by atoms with E-state index in [4.69, 9.17) is 16.7 Å². The minimum atomic E-state index is -0.829. The van der Waals surface area contributed by atoms with Gasteiger partial charge in [0.25, 0.3) is 0 Å². The second kappa shape index (κ2) is 7.06. The van der Waals surface area contributed by atoms with Crippen molar-refractivity contribution in [1.29, 1.82) is 0 Å². The highest BCUT2D eigenvalue weighted by Crippen LogP contribution is 2.21. The summed E-state index contributed by atoms with van der Waals surface area (Å²) in [4.78, 5) is 10.7. The molecule has 0 spiro atoms. The van der Waals surface area contributed by atoms with Gasteiger partial charge in [-0.05, 0) is 30.2 Å². The van der Waals surface area contributed by atoms with Crippen molar-refractivity contribution in [1.82, 2.24) is 10.2 Å². The van der Waals surface area contributed by atoms with Crippen molar-refractivity contribution in [2.75, 3.05) is 5.01 Å². The van der Waals surface area contributed by atoms with Crippen molar-refractivity contribution >= 4 is 28.3 Å². The van der Waals surface area contributed by atoms with E-state index in [1.54, 1.807) is 6.20 Å². The Kier molecular flexibility index (Phi) is 4.67. The Balaban J connectivity index is 1.83. The number of H-pyrrole nitrogens is 1. The van der Waals surface area contributed by atoms with E-state index in [9.17, 15) is 4.79 Å². The smallest absolute Gasteiger partial charge is 0.303 e. The van der Waals surface area contributed by atoms with Gasteiger partial charge in [-0.1, -0.05) is 30.3 Å². The molecule has 0 aliphatic heterocycles. The lowest BCUT2D eigenvalue weighted by molar-refractivity contribution is -0.136. The molecule has 2 aromatic carbocycles. The SMILES string of the molecule is NC(=CN(N)c1cccc(CCC(=O)O)c1)c1n[nH]c2ccccc12. The second-order valence-electron chi connectivity index (χ2n) is 5.67. The molecule has 0 aliphatic rings. The van der Waals surface area contributed by atoms with Gasteiger partial charge in [0, 0.05) is 18.0 Å². The van der Waals surface area contributed by atoms with Crippen molar-refractivity contribution in [3.63, 3.8) is 0 Å². The zero-order chi connectivity index (χ0) is 17.8. The first kappa shape index (κ1) is 16.5. The van der Waals surface area contributed by atoms with E-state index in [1.807, 2.05) is 48.5 Å². The molecule has 0 saturated heterocycles. The van der Waals surface area contributed by atoms with Crippen molar-refractivity contribution in [3.8, 4) is 0 Å². The number of rotatable bonds is 6. The van der Waals surface area contributed by atoms with Gasteiger partial charge in [0.2, 0.25) is 0 Å². The highest BCUT2D eigenvalue weighted by molar-refractivity contribution is 5.89. The maximum Gasteiger partial charge on any atom is 0.303 e. The summed E-state index contributed by atoms with van der Waals surface area (Å²) in [5, 5.41) is 18.3. The minimum absolute atomic E-state index is 0.0747. The van der Waals surface area contributed by atoms with Gasteiger partial charge in [0.15, 0.2) is 0 Å². The van der Waals surface area contributed by atoms with Crippen molar-refractivity contribution < 1.29 is 9.90 Å². The molecule has 6 N–H and O–H groups in total. The van der Waals surface area contributed by atoms with Gasteiger partial charge < -0.3 is 10.8 Å². The number of aromatic amines is 1. The molecule has 0 unspecified atom stereocenters. The van der Waals surface area contributed by atoms with Gasteiger partial charge >= 0.3 is 5.97 Å². The number of anilines is 1. The number of benzene rings is 2. The number of para-hydroxylation sites is 1. The topological polar surface area (TPSA) is 121 Å². The molecule has 0 saturated carbocycles. The third-order valence-electron chi connectivity index (χ3n) is 3.86. The number of nitrogens with zero attached hydrogens (tertiary/aromatic N) is 2. The third-order valence-corrected chi connectivity index (χ3v) is 3.86. The van der Waals surface area contributed by atoms with Gasteiger partial charge in [-0.3, -0.25) is 14.9 Å². The van der Waals surface area contributed by atoms with Crippen LogP contribution in [0.2, 0.25) is 0 Å². The van der Waals surface area contributed by atoms with Crippen LogP contribution in [0.1, 0.15) is 17.7 Å². The van der Waals surface area contributed by atoms with Crippen LogP contribution in [0.3, 0.4) is 0 Å². The molecule has 0 radical (unpaired) electrons. The molecule has 0 atom stereocenters. The third kappa shape index (κ3) is 3.78. The second-order valence-corrected chi connectivity index (χ2v) is 5.67. The molecule has 0 amide bonds. The molecular weight excluding hydrogens is 318 g/mol. The van der Waals surface area contributed by atoms with E-state index in [-0.39, 0.29) is 6.42 Å². The summed E-state index contributed by atoms with van der Waals surface area (Å²) in [6, 6.07) is 15.1. The van der Waals surface area contributed by atoms with E-state index in [2.05, 4.69) is 10.2 Å². The number of aromatic nitrogens is 2. The van der Waals surface area contributed by atoms with Crippen LogP contribution in [0.5, 0.6) is 0 Å². The normalized spacial score (nSPS) is 11.6. The molecule has 128 valence electrons. The average Bonchev–Trinajstić information content (AvgIpc) is 3.04. The first-order valence-electron chi connectivity index (χ1n) is 7.80. The van der Waals surface area contributed by atoms with E-state index >= 15 is 0 Å². The van der Waals surface area contributed by atoms with Crippen LogP contribution < -0.4 is 16.6 Å². The van der Waals surface area contributed by atoms with Crippen LogP contribution in [0.4, 0.5) is 5.69 Å². The van der Waals surface area contributed by atoms with Crippen LogP contribution >= 0.6 is 0 Å². The van der Waals surface area contributed by atoms with Crippen LogP contribution in [0.25, 0.3) is 16.6 Å². The summed E-state index contributed by atoms with van der Waals surface area (Å²) >= 11 is 0. The van der Waals surface area contributed by atoms with E-state index in [0.717, 1.165) is 16.5 Å². The average molecular weight is 337 g/mol. The summed E-state index contributed by atoms with van der Waals surface area (Å²) in [6.45, 7) is 0. The van der Waals surface area contributed by atoms with Gasteiger partial charge in [0.05, 0.1) is 16.9 Å². The summed E-state index contributed by atoms with van der Waals surface area (Å²) in [5.74, 6) is 5.26. The lowest BCUT2D eigenvalue weighted by Gasteiger charge is -2.15. The van der Waals surface area contributed by atoms with E-state index < -0.39 is 5.97 Å². The number of aryl methyl sites for hydroxylation is 1. The van der Waals surface area contributed by atoms with Gasteiger partial charge in [-0.2, -0.15) is 5.10 Å². The van der Waals surface area contributed by atoms with Crippen LogP contribution in [0.15, 0.2) is 54.7 Å². The summed E-state index contributed by atoms with van der Waals surface area (Å²) in [5.41, 5.74) is 9.72. The molecule has 3 aromatic rings. The minimum Gasteiger partial charge on any atom is -0.481 e. The first-order valence-corrected chi connectivity index (χ1v) is 7.80. The summed E-state index contributed by atoms with van der Waals surface area (Å²) in [7, 11) is 0. The van der Waals surface area contributed by atoms with E-state index in [0.29, 0.717) is 23.5 Å². The fourth-order valence-corrected chi connectivity index (χ4v) is 2.59. The summed E-state index contributed by atoms with van der Waals surface area (Å²) in [6.07, 6.45) is 2.12. The highest BCUT2D eigenvalue weighted by Gasteiger charge is 2.09. The predicted molar refractivity (Wildman–Crippen MR) is 97.3 cm³/mol. The molecule has 1 aromatic heterocycles. The molecule has 7 nitrogen and oxygen atoms in total. The first-order chi connectivity index (χ1) is 12.0. The van der Waals surface area contributed by atoms with Gasteiger partial charge in [0.1, 0.15) is 5.69 Å². The number of fused-ring (bicyclic) bond motifs is 1. The molecule has 25 heavy (non-hydrogen) atoms. The fraction of sp³-hybridized carbons (Fsp3) is 0.111. The molecule has 0 fully saturated rings. The standard InChI is InChI=1S/C18H19N5O2/c19-15(18-14-6-1-2-7-16(14)21-22-18)11-23(20)13-5-3-4-12(10-13)8-9-17(24)25/h1-7,10-11H,8-9,19-20H2,(H,21,22)(H,24,25). The molecule has 0 aliphatic carbocycles. The van der Waals surface area contributed by atoms with Crippen molar-refractivity contribution in [2.24, 2.45) is 11.6 Å². The van der Waals surface area contributed by atoms with Gasteiger partial charge in [-0.25, -0.2) is 5.84 Å². The number of aliphatic carboxylic acids is 1. The number of hydrogen-bond donors (Lipinski definition) is 4. The maximum atomic E-state index is 10.7. The Bertz CT molecular complexity index is 932. The van der Waals surface area contributed by atoms with E-state index in [1.165, 1.54) is 5.01 Å². The van der Waals surface area contributed by atoms with Gasteiger partial charge in [-0.15, -0.1) is 0 Å². The predicted octanol–water partition coefficient (Wildman–Crippen LogP) is 2.22. The molecular formula is C18H19N5O2. The number of nitrogens with two attached hydrogens (primary N) is 2. The number of nitrogens with one attached hydrogen (secondary N) is 1. The Morgan fingerprint density at radius 1 is 1.24 bits per heavy atom. The molecule has 1 heterocycles. The Hall–Kier alpha value is -3.32. The largest absolute Gasteiger partial charge is 0.481 e. The van der Waals surface area contributed by atoms with Crippen molar-refractivity contribution in [2.45, 2.75) is 12.8 Å². The lowest BCUT2D eigenvalue weighted by atomic mass is 10.1. The fourth-order valence-electron chi connectivity index (χ4n) is 2.59. The van der Waals surface area contributed by atoms with Crippen LogP contribution in [0, 0.1) is 0 Å². The number of carbonyl (C=O) groups is 1. The number of carboxylic acid groups (broad SMARTS) is 1. The lowest BCUT2D eigenvalue weighted by Crippen LogP contribution is -2.25. The van der Waals surface area contributed by atoms with Crippen LogP contribution in [-0.2, 0) is 11.2 Å². The number of hydrazine groups is 1. The maximum absolute atomic E-state index is 10.7.